The van der Waals surface area contributed by atoms with Crippen molar-refractivity contribution in [3.05, 3.63) is 71.3 Å². The van der Waals surface area contributed by atoms with Gasteiger partial charge in [-0.05, 0) is 86.5 Å². The van der Waals surface area contributed by atoms with Crippen LogP contribution in [0.25, 0.3) is 0 Å². The number of halogens is 3. The summed E-state index contributed by atoms with van der Waals surface area (Å²) in [6.07, 6.45) is 5.53. The number of hydrogen-bond donors (Lipinski definition) is 1. The average molecular weight is 394 g/mol. The first-order valence-electron chi connectivity index (χ1n) is 9.39. The topological polar surface area (TPSA) is 29.1 Å². The Hall–Kier alpha value is -1.78. The van der Waals surface area contributed by atoms with Gasteiger partial charge in [0, 0.05) is 18.0 Å². The molecule has 1 aliphatic carbocycles. The summed E-state index contributed by atoms with van der Waals surface area (Å²) in [4.78, 5) is 12.1. The Kier molecular flexibility index (Phi) is 8.39. The minimum absolute atomic E-state index is 0. The van der Waals surface area contributed by atoms with E-state index in [4.69, 9.17) is 0 Å². The second-order valence-electron chi connectivity index (χ2n) is 7.09. The summed E-state index contributed by atoms with van der Waals surface area (Å²) in [6.45, 7) is 0.808. The van der Waals surface area contributed by atoms with Crippen molar-refractivity contribution in [3.63, 3.8) is 0 Å². The third kappa shape index (κ3) is 6.40. The van der Waals surface area contributed by atoms with Crippen LogP contribution in [0.15, 0.2) is 48.5 Å². The lowest BCUT2D eigenvalue weighted by molar-refractivity contribution is 0.0979. The molecule has 0 saturated heterocycles. The van der Waals surface area contributed by atoms with Gasteiger partial charge in [0.2, 0.25) is 0 Å². The Bertz CT molecular complexity index is 727. The van der Waals surface area contributed by atoms with Gasteiger partial charge < -0.3 is 5.32 Å². The molecule has 1 N–H and O–H groups in total. The maximum Gasteiger partial charge on any atom is 0.162 e. The molecule has 2 aromatic rings. The van der Waals surface area contributed by atoms with E-state index in [-0.39, 0.29) is 29.8 Å². The maximum absolute atomic E-state index is 13.4. The molecule has 5 heteroatoms. The third-order valence-corrected chi connectivity index (χ3v) is 5.23. The Morgan fingerprint density at radius 3 is 2.33 bits per heavy atom. The molecule has 27 heavy (non-hydrogen) atoms. The highest BCUT2D eigenvalue weighted by molar-refractivity contribution is 5.95. The van der Waals surface area contributed by atoms with Crippen LogP contribution in [0.5, 0.6) is 0 Å². The van der Waals surface area contributed by atoms with Crippen molar-refractivity contribution >= 4 is 18.2 Å². The molecule has 0 heterocycles. The highest BCUT2D eigenvalue weighted by Crippen LogP contribution is 2.33. The molecular weight excluding hydrogens is 368 g/mol. The molecule has 0 aromatic heterocycles. The molecule has 3 rings (SSSR count). The first-order valence-corrected chi connectivity index (χ1v) is 9.39. The van der Waals surface area contributed by atoms with Gasteiger partial charge in [0.15, 0.2) is 5.78 Å². The van der Waals surface area contributed by atoms with Crippen LogP contribution in [0.3, 0.4) is 0 Å². The van der Waals surface area contributed by atoms with Gasteiger partial charge >= 0.3 is 0 Å². The Balaban J connectivity index is 0.00000261. The van der Waals surface area contributed by atoms with E-state index in [1.165, 1.54) is 18.2 Å². The van der Waals surface area contributed by atoms with Gasteiger partial charge in [-0.2, -0.15) is 0 Å². The largest absolute Gasteiger partial charge is 0.314 e. The van der Waals surface area contributed by atoms with Crippen molar-refractivity contribution in [1.82, 2.24) is 5.32 Å². The van der Waals surface area contributed by atoms with Gasteiger partial charge in [-0.15, -0.1) is 12.4 Å². The lowest BCUT2D eigenvalue weighted by atomic mass is 9.81. The summed E-state index contributed by atoms with van der Waals surface area (Å²) in [7, 11) is 0. The van der Waals surface area contributed by atoms with Gasteiger partial charge in [-0.3, -0.25) is 4.79 Å². The van der Waals surface area contributed by atoms with Gasteiger partial charge in [0.05, 0.1) is 0 Å². The molecule has 0 aliphatic heterocycles. The monoisotopic (exact) mass is 393 g/mol. The van der Waals surface area contributed by atoms with Gasteiger partial charge in [0.25, 0.3) is 0 Å². The van der Waals surface area contributed by atoms with E-state index >= 15 is 0 Å². The number of carbonyl (C=O) groups excluding carboxylic acids is 1. The second kappa shape index (κ2) is 10.5. The number of hydrogen-bond acceptors (Lipinski definition) is 2. The molecule has 0 unspecified atom stereocenters. The standard InChI is InChI=1S/C22H25F2NO.ClH/c23-19-10-6-17(7-11-19)22(26)5-2-14-25-21-12-8-16(9-13-21)18-3-1-4-20(24)15-18;/h1,3-4,6-7,10-11,15-16,21,25H,2,5,8-9,12-14H2;1H. The highest BCUT2D eigenvalue weighted by Gasteiger charge is 2.22. The van der Waals surface area contributed by atoms with Crippen LogP contribution in [0, 0.1) is 11.6 Å². The number of ketones is 1. The van der Waals surface area contributed by atoms with Crippen LogP contribution >= 0.6 is 12.4 Å². The van der Waals surface area contributed by atoms with E-state index in [0.717, 1.165) is 44.2 Å². The molecule has 0 amide bonds. The van der Waals surface area contributed by atoms with Gasteiger partial charge in [-0.1, -0.05) is 12.1 Å². The molecule has 1 aliphatic rings. The SMILES string of the molecule is Cl.O=C(CCCNC1CCC(c2cccc(F)c2)CC1)c1ccc(F)cc1. The van der Waals surface area contributed by atoms with Crippen LogP contribution < -0.4 is 5.32 Å². The fraction of sp³-hybridized carbons (Fsp3) is 0.409. The molecular formula is C22H26ClF2NO. The van der Waals surface area contributed by atoms with Crippen molar-refractivity contribution in [2.75, 3.05) is 6.54 Å². The molecule has 1 saturated carbocycles. The molecule has 2 aromatic carbocycles. The van der Waals surface area contributed by atoms with Crippen molar-refractivity contribution in [1.29, 1.82) is 0 Å². The van der Waals surface area contributed by atoms with E-state index in [9.17, 15) is 13.6 Å². The Labute approximate surface area is 165 Å². The number of Topliss-reactive ketones (excluding diaryl/α,β-unsaturated/α-hetero) is 1. The van der Waals surface area contributed by atoms with Crippen molar-refractivity contribution in [3.8, 4) is 0 Å². The van der Waals surface area contributed by atoms with Crippen molar-refractivity contribution < 1.29 is 13.6 Å². The van der Waals surface area contributed by atoms with Crippen molar-refractivity contribution in [2.45, 2.75) is 50.5 Å². The minimum atomic E-state index is -0.322. The summed E-state index contributed by atoms with van der Waals surface area (Å²) in [6, 6.07) is 13.1. The van der Waals surface area contributed by atoms with Gasteiger partial charge in [0.1, 0.15) is 11.6 Å². The van der Waals surface area contributed by atoms with E-state index in [0.29, 0.717) is 23.9 Å². The first-order chi connectivity index (χ1) is 12.6. The van der Waals surface area contributed by atoms with Crippen LogP contribution in [0.1, 0.15) is 60.4 Å². The highest BCUT2D eigenvalue weighted by atomic mass is 35.5. The fourth-order valence-electron chi connectivity index (χ4n) is 3.73. The van der Waals surface area contributed by atoms with E-state index in [2.05, 4.69) is 5.32 Å². The summed E-state index contributed by atoms with van der Waals surface area (Å²) < 4.78 is 26.2. The summed E-state index contributed by atoms with van der Waals surface area (Å²) in [5, 5.41) is 3.53. The first kappa shape index (κ1) is 21.5. The minimum Gasteiger partial charge on any atom is -0.314 e. The van der Waals surface area contributed by atoms with Gasteiger partial charge in [-0.25, -0.2) is 8.78 Å². The zero-order valence-electron chi connectivity index (χ0n) is 15.3. The van der Waals surface area contributed by atoms with E-state index in [1.54, 1.807) is 24.3 Å². The second-order valence-corrected chi connectivity index (χ2v) is 7.09. The lowest BCUT2D eigenvalue weighted by Gasteiger charge is -2.29. The molecule has 0 atom stereocenters. The fourth-order valence-corrected chi connectivity index (χ4v) is 3.73. The van der Waals surface area contributed by atoms with Crippen LogP contribution in [-0.2, 0) is 0 Å². The van der Waals surface area contributed by atoms with Crippen LogP contribution in [-0.4, -0.2) is 18.4 Å². The maximum atomic E-state index is 13.4. The molecule has 146 valence electrons. The average Bonchev–Trinajstić information content (AvgIpc) is 2.66. The van der Waals surface area contributed by atoms with E-state index < -0.39 is 0 Å². The third-order valence-electron chi connectivity index (χ3n) is 5.23. The number of rotatable bonds is 7. The van der Waals surface area contributed by atoms with Crippen molar-refractivity contribution in [2.24, 2.45) is 0 Å². The molecule has 0 radical (unpaired) electrons. The molecule has 0 spiro atoms. The molecule has 1 fully saturated rings. The molecule has 2 nitrogen and oxygen atoms in total. The van der Waals surface area contributed by atoms with Crippen LogP contribution in [0.4, 0.5) is 8.78 Å². The molecule has 0 bridgehead atoms. The quantitative estimate of drug-likeness (QED) is 0.485. The summed E-state index contributed by atoms with van der Waals surface area (Å²) in [5.74, 6) is 0.0241. The smallest absolute Gasteiger partial charge is 0.162 e. The van der Waals surface area contributed by atoms with Crippen LogP contribution in [0.2, 0.25) is 0 Å². The predicted octanol–water partition coefficient (Wildman–Crippen LogP) is 5.67. The van der Waals surface area contributed by atoms with E-state index in [1.807, 2.05) is 6.07 Å². The number of carbonyl (C=O) groups is 1. The predicted molar refractivity (Wildman–Crippen MR) is 107 cm³/mol. The summed E-state index contributed by atoms with van der Waals surface area (Å²) in [5.41, 5.74) is 1.68. The Morgan fingerprint density at radius 2 is 1.67 bits per heavy atom. The number of benzene rings is 2. The zero-order chi connectivity index (χ0) is 18.4. The Morgan fingerprint density at radius 1 is 0.963 bits per heavy atom. The number of nitrogens with one attached hydrogen (secondary N) is 1. The zero-order valence-corrected chi connectivity index (χ0v) is 16.1. The lowest BCUT2D eigenvalue weighted by Crippen LogP contribution is -2.33. The summed E-state index contributed by atoms with van der Waals surface area (Å²) >= 11 is 0. The normalized spacial score (nSPS) is 19.3.